The maximum absolute atomic E-state index is 10.1. The molecule has 2 aliphatic rings. The highest BCUT2D eigenvalue weighted by Gasteiger charge is 2.35. The van der Waals surface area contributed by atoms with E-state index in [1.165, 1.54) is 10.5 Å². The lowest BCUT2D eigenvalue weighted by molar-refractivity contribution is -0.0334. The maximum Gasteiger partial charge on any atom is 0.0771 e. The van der Waals surface area contributed by atoms with Gasteiger partial charge in [-0.2, -0.15) is 0 Å². The molecule has 0 saturated heterocycles. The van der Waals surface area contributed by atoms with Gasteiger partial charge in [-0.15, -0.1) is 11.8 Å². The maximum atomic E-state index is 10.1. The molecule has 4 heteroatoms. The SMILES string of the molecule is OC1(CNC2CCSc3ccc(Cl)cc32)CCC1. The first-order valence-corrected chi connectivity index (χ1v) is 7.91. The molecule has 1 aliphatic carbocycles. The van der Waals surface area contributed by atoms with E-state index in [2.05, 4.69) is 17.4 Å². The van der Waals surface area contributed by atoms with Crippen LogP contribution in [0.1, 0.15) is 37.3 Å². The molecule has 3 rings (SSSR count). The van der Waals surface area contributed by atoms with Crippen LogP contribution in [0.25, 0.3) is 0 Å². The molecular formula is C14H18ClNOS. The Morgan fingerprint density at radius 3 is 3.00 bits per heavy atom. The Balaban J connectivity index is 1.72. The van der Waals surface area contributed by atoms with Crippen molar-refractivity contribution in [3.05, 3.63) is 28.8 Å². The fraction of sp³-hybridized carbons (Fsp3) is 0.571. The summed E-state index contributed by atoms with van der Waals surface area (Å²) in [6, 6.07) is 6.46. The number of rotatable bonds is 3. The van der Waals surface area contributed by atoms with E-state index in [4.69, 9.17) is 11.6 Å². The zero-order valence-electron chi connectivity index (χ0n) is 10.3. The van der Waals surface area contributed by atoms with E-state index in [1.807, 2.05) is 17.8 Å². The molecule has 0 bridgehead atoms. The summed E-state index contributed by atoms with van der Waals surface area (Å²) in [6.45, 7) is 0.703. The van der Waals surface area contributed by atoms with E-state index < -0.39 is 5.60 Å². The molecule has 1 fully saturated rings. The quantitative estimate of drug-likeness (QED) is 0.892. The van der Waals surface area contributed by atoms with E-state index in [0.717, 1.165) is 36.5 Å². The van der Waals surface area contributed by atoms with Gasteiger partial charge in [-0.05, 0) is 55.2 Å². The number of benzene rings is 1. The molecule has 1 atom stereocenters. The highest BCUT2D eigenvalue weighted by molar-refractivity contribution is 7.99. The zero-order valence-corrected chi connectivity index (χ0v) is 11.9. The second-order valence-corrected chi connectivity index (χ2v) is 6.90. The van der Waals surface area contributed by atoms with E-state index in [-0.39, 0.29) is 0 Å². The van der Waals surface area contributed by atoms with Crippen molar-refractivity contribution in [3.63, 3.8) is 0 Å². The number of nitrogens with one attached hydrogen (secondary N) is 1. The molecule has 1 heterocycles. The molecule has 2 N–H and O–H groups in total. The van der Waals surface area contributed by atoms with Gasteiger partial charge >= 0.3 is 0 Å². The standard InChI is InChI=1S/C14H18ClNOS/c15-10-2-3-13-11(8-10)12(4-7-18-13)16-9-14(17)5-1-6-14/h2-3,8,12,16-17H,1,4-7,9H2. The molecule has 1 aromatic rings. The Morgan fingerprint density at radius 2 is 2.28 bits per heavy atom. The van der Waals surface area contributed by atoms with Gasteiger partial charge in [0.05, 0.1) is 5.60 Å². The van der Waals surface area contributed by atoms with Gasteiger partial charge in [-0.25, -0.2) is 0 Å². The largest absolute Gasteiger partial charge is 0.389 e. The zero-order chi connectivity index (χ0) is 12.6. The van der Waals surface area contributed by atoms with E-state index in [0.29, 0.717) is 12.6 Å². The predicted molar refractivity (Wildman–Crippen MR) is 76.3 cm³/mol. The molecule has 18 heavy (non-hydrogen) atoms. The summed E-state index contributed by atoms with van der Waals surface area (Å²) in [6.07, 6.45) is 4.13. The minimum atomic E-state index is -0.455. The van der Waals surface area contributed by atoms with Crippen LogP contribution in [0, 0.1) is 0 Å². The normalized spacial score (nSPS) is 25.3. The van der Waals surface area contributed by atoms with Gasteiger partial charge in [0, 0.05) is 22.5 Å². The summed E-state index contributed by atoms with van der Waals surface area (Å²) >= 11 is 7.98. The number of hydrogen-bond donors (Lipinski definition) is 2. The lowest BCUT2D eigenvalue weighted by Gasteiger charge is -2.38. The molecular weight excluding hydrogens is 266 g/mol. The van der Waals surface area contributed by atoms with Crippen LogP contribution in [0.15, 0.2) is 23.1 Å². The number of thioether (sulfide) groups is 1. The van der Waals surface area contributed by atoms with Gasteiger partial charge in [0.25, 0.3) is 0 Å². The highest BCUT2D eigenvalue weighted by atomic mass is 35.5. The molecule has 0 radical (unpaired) electrons. The monoisotopic (exact) mass is 283 g/mol. The van der Waals surface area contributed by atoms with Crippen molar-refractivity contribution in [2.45, 2.75) is 42.2 Å². The van der Waals surface area contributed by atoms with Crippen molar-refractivity contribution in [3.8, 4) is 0 Å². The average Bonchev–Trinajstić information content (AvgIpc) is 2.34. The first-order valence-electron chi connectivity index (χ1n) is 6.54. The molecule has 1 aromatic carbocycles. The third kappa shape index (κ3) is 2.55. The molecule has 1 aliphatic heterocycles. The van der Waals surface area contributed by atoms with Crippen molar-refractivity contribution < 1.29 is 5.11 Å². The minimum Gasteiger partial charge on any atom is -0.389 e. The van der Waals surface area contributed by atoms with Crippen LogP contribution in [0.3, 0.4) is 0 Å². The van der Waals surface area contributed by atoms with E-state index >= 15 is 0 Å². The van der Waals surface area contributed by atoms with Crippen LogP contribution in [-0.2, 0) is 0 Å². The summed E-state index contributed by atoms with van der Waals surface area (Å²) in [7, 11) is 0. The molecule has 2 nitrogen and oxygen atoms in total. The minimum absolute atomic E-state index is 0.338. The van der Waals surface area contributed by atoms with E-state index in [9.17, 15) is 5.11 Å². The second-order valence-electron chi connectivity index (χ2n) is 5.33. The van der Waals surface area contributed by atoms with Crippen molar-refractivity contribution in [1.82, 2.24) is 5.32 Å². The first-order chi connectivity index (χ1) is 8.66. The van der Waals surface area contributed by atoms with Gasteiger partial charge < -0.3 is 10.4 Å². The van der Waals surface area contributed by atoms with Crippen molar-refractivity contribution in [2.24, 2.45) is 0 Å². The fourth-order valence-corrected chi connectivity index (χ4v) is 3.94. The van der Waals surface area contributed by atoms with Gasteiger partial charge in [0.15, 0.2) is 0 Å². The van der Waals surface area contributed by atoms with Crippen molar-refractivity contribution >= 4 is 23.4 Å². The van der Waals surface area contributed by atoms with Crippen molar-refractivity contribution in [1.29, 1.82) is 0 Å². The topological polar surface area (TPSA) is 32.3 Å². The molecule has 1 saturated carbocycles. The van der Waals surface area contributed by atoms with Crippen molar-refractivity contribution in [2.75, 3.05) is 12.3 Å². The highest BCUT2D eigenvalue weighted by Crippen LogP contribution is 2.38. The second kappa shape index (κ2) is 5.04. The molecule has 0 aromatic heterocycles. The first kappa shape index (κ1) is 12.8. The molecule has 1 unspecified atom stereocenters. The van der Waals surface area contributed by atoms with Gasteiger partial charge in [0.2, 0.25) is 0 Å². The Bertz CT molecular complexity index is 447. The smallest absolute Gasteiger partial charge is 0.0771 e. The van der Waals surface area contributed by atoms with Gasteiger partial charge in [-0.1, -0.05) is 11.6 Å². The Kier molecular flexibility index (Phi) is 3.59. The summed E-state index contributed by atoms with van der Waals surface area (Å²) in [4.78, 5) is 1.32. The van der Waals surface area contributed by atoms with Crippen LogP contribution in [0.5, 0.6) is 0 Å². The number of hydrogen-bond acceptors (Lipinski definition) is 3. The summed E-state index contributed by atoms with van der Waals surface area (Å²) in [5, 5.41) is 14.5. The molecule has 0 spiro atoms. The molecule has 98 valence electrons. The molecule has 0 amide bonds. The van der Waals surface area contributed by atoms with Crippen LogP contribution < -0.4 is 5.32 Å². The number of fused-ring (bicyclic) bond motifs is 1. The Morgan fingerprint density at radius 1 is 1.44 bits per heavy atom. The van der Waals surface area contributed by atoms with Gasteiger partial charge in [0.1, 0.15) is 0 Å². The number of halogens is 1. The number of aliphatic hydroxyl groups is 1. The van der Waals surface area contributed by atoms with Gasteiger partial charge in [-0.3, -0.25) is 0 Å². The summed E-state index contributed by atoms with van der Waals surface area (Å²) in [5.74, 6) is 1.13. The van der Waals surface area contributed by atoms with Crippen LogP contribution in [-0.4, -0.2) is 23.0 Å². The Labute approximate surface area is 117 Å². The van der Waals surface area contributed by atoms with Crippen LogP contribution >= 0.6 is 23.4 Å². The van der Waals surface area contributed by atoms with Crippen LogP contribution in [0.4, 0.5) is 0 Å². The fourth-order valence-electron chi connectivity index (χ4n) is 2.65. The Hall–Kier alpha value is -0.220. The predicted octanol–water partition coefficient (Wildman–Crippen LogP) is 3.38. The average molecular weight is 284 g/mol. The lowest BCUT2D eigenvalue weighted by Crippen LogP contribution is -2.47. The third-order valence-corrected chi connectivity index (χ3v) is 5.33. The van der Waals surface area contributed by atoms with Crippen LogP contribution in [0.2, 0.25) is 5.02 Å². The third-order valence-electron chi connectivity index (χ3n) is 3.97. The van der Waals surface area contributed by atoms with E-state index in [1.54, 1.807) is 0 Å². The lowest BCUT2D eigenvalue weighted by atomic mass is 9.80. The summed E-state index contributed by atoms with van der Waals surface area (Å²) in [5.41, 5.74) is 0.838. The summed E-state index contributed by atoms with van der Waals surface area (Å²) < 4.78 is 0.